The summed E-state index contributed by atoms with van der Waals surface area (Å²) in [6.07, 6.45) is -0.0534. The van der Waals surface area contributed by atoms with E-state index in [9.17, 15) is 29.2 Å². The first-order valence-electron chi connectivity index (χ1n) is 17.5. The lowest BCUT2D eigenvalue weighted by Gasteiger charge is -2.63. The number of benzene rings is 2. The van der Waals surface area contributed by atoms with Crippen LogP contribution in [0.15, 0.2) is 48.5 Å². The molecule has 1 aromatic heterocycles. The van der Waals surface area contributed by atoms with Crippen LogP contribution >= 0.6 is 11.6 Å². The molecule has 3 fully saturated rings. The van der Waals surface area contributed by atoms with Crippen molar-refractivity contribution in [2.45, 2.75) is 65.3 Å². The first-order valence-corrected chi connectivity index (χ1v) is 17.9. The molecule has 53 heavy (non-hydrogen) atoms. The van der Waals surface area contributed by atoms with Crippen LogP contribution in [-0.2, 0) is 16.1 Å². The summed E-state index contributed by atoms with van der Waals surface area (Å²) in [5.41, 5.74) is 1.13. The molecule has 15 heteroatoms. The highest BCUT2D eigenvalue weighted by molar-refractivity contribution is 6.31. The minimum atomic E-state index is -0.999. The number of halogens is 1. The Hall–Kier alpha value is -5.39. The number of nitrogens with zero attached hydrogens (tertiary/aromatic N) is 6. The molecule has 2 saturated heterocycles. The molecular weight excluding hydrogens is 700 g/mol. The van der Waals surface area contributed by atoms with Crippen LogP contribution in [0.5, 0.6) is 5.75 Å². The lowest BCUT2D eigenvalue weighted by molar-refractivity contribution is -0.164. The average Bonchev–Trinajstić information content (AvgIpc) is 3.37. The van der Waals surface area contributed by atoms with E-state index in [-0.39, 0.29) is 47.7 Å². The van der Waals surface area contributed by atoms with Crippen LogP contribution in [0.3, 0.4) is 0 Å². The molecule has 3 aliphatic heterocycles. The second kappa shape index (κ2) is 13.5. The highest BCUT2D eigenvalue weighted by Gasteiger charge is 2.64. The molecule has 7 rings (SSSR count). The van der Waals surface area contributed by atoms with Gasteiger partial charge in [0, 0.05) is 62.1 Å². The summed E-state index contributed by atoms with van der Waals surface area (Å²) >= 11 is 6.22. The molecule has 5 amide bonds. The summed E-state index contributed by atoms with van der Waals surface area (Å²) in [7, 11) is 0. The lowest BCUT2D eigenvalue weighted by atomic mass is 9.49. The molecular formula is C38H39ClN8O6. The SMILES string of the molecule is CC1(C)[C@H](NC(=O)c2ccc(N3CCN(Cc4ccc5c(c4)C(=O)N(C4CCC(=O)NC4=O)C5=O)CC3)nn2)C(C)(C)[C@H]1Oc1ccc(C#N)c(Cl)c1. The third kappa shape index (κ3) is 6.48. The Balaban J connectivity index is 0.919. The van der Waals surface area contributed by atoms with Gasteiger partial charge in [-0.05, 0) is 48.4 Å². The normalized spacial score (nSPS) is 23.5. The van der Waals surface area contributed by atoms with E-state index < -0.39 is 40.5 Å². The van der Waals surface area contributed by atoms with Crippen molar-refractivity contribution in [3.63, 3.8) is 0 Å². The molecule has 2 aromatic carbocycles. The van der Waals surface area contributed by atoms with Crippen LogP contribution in [0.1, 0.15) is 82.9 Å². The van der Waals surface area contributed by atoms with Crippen LogP contribution in [0.25, 0.3) is 0 Å². The standard InChI is InChI=1S/C38H39ClN8O6/c1-37(2)35(38(3,4)36(37)53-23-7-6-22(19-40)26(39)18-23)42-31(49)27-9-11-29(44-43-27)46-15-13-45(14-16-46)20-21-5-8-24-25(17-21)34(52)47(33(24)51)28-10-12-30(48)41-32(28)50/h5-9,11,17-18,28,35-36H,10,12-16,20H2,1-4H3,(H,42,49)(H,41,48,50)/t28?,35-,36-. The van der Waals surface area contributed by atoms with E-state index in [4.69, 9.17) is 16.3 Å². The van der Waals surface area contributed by atoms with Crippen molar-refractivity contribution in [1.29, 1.82) is 5.26 Å². The maximum Gasteiger partial charge on any atom is 0.272 e. The van der Waals surface area contributed by atoms with Gasteiger partial charge in [-0.2, -0.15) is 5.26 Å². The minimum Gasteiger partial charge on any atom is -0.489 e. The smallest absolute Gasteiger partial charge is 0.272 e. The van der Waals surface area contributed by atoms with E-state index in [0.29, 0.717) is 54.9 Å². The highest BCUT2D eigenvalue weighted by Crippen LogP contribution is 2.55. The van der Waals surface area contributed by atoms with Crippen LogP contribution in [0, 0.1) is 22.2 Å². The number of rotatable bonds is 8. The fourth-order valence-corrected chi connectivity index (χ4v) is 8.64. The van der Waals surface area contributed by atoms with E-state index in [1.165, 1.54) is 0 Å². The largest absolute Gasteiger partial charge is 0.489 e. The molecule has 1 unspecified atom stereocenters. The summed E-state index contributed by atoms with van der Waals surface area (Å²) in [5, 5.41) is 23.5. The molecule has 3 aromatic rings. The predicted molar refractivity (Wildman–Crippen MR) is 192 cm³/mol. The van der Waals surface area contributed by atoms with E-state index in [1.54, 1.807) is 42.5 Å². The van der Waals surface area contributed by atoms with Crippen molar-refractivity contribution in [1.82, 2.24) is 30.6 Å². The van der Waals surface area contributed by atoms with Crippen molar-refractivity contribution < 1.29 is 28.7 Å². The van der Waals surface area contributed by atoms with Gasteiger partial charge in [0.05, 0.1) is 21.7 Å². The zero-order valence-electron chi connectivity index (χ0n) is 29.8. The number of piperazine rings is 1. The number of imide groups is 2. The van der Waals surface area contributed by atoms with Gasteiger partial charge in [0.2, 0.25) is 11.8 Å². The van der Waals surface area contributed by atoms with Gasteiger partial charge in [-0.1, -0.05) is 45.4 Å². The predicted octanol–water partition coefficient (Wildman–Crippen LogP) is 3.34. The molecule has 1 aliphatic carbocycles. The van der Waals surface area contributed by atoms with Gasteiger partial charge in [0.25, 0.3) is 17.7 Å². The molecule has 4 aliphatic rings. The second-order valence-electron chi connectivity index (χ2n) is 15.2. The number of carbonyl (C=O) groups excluding carboxylic acids is 5. The number of carbonyl (C=O) groups is 5. The van der Waals surface area contributed by atoms with E-state index in [2.05, 4.69) is 30.6 Å². The average molecular weight is 739 g/mol. The molecule has 0 bridgehead atoms. The van der Waals surface area contributed by atoms with E-state index in [0.717, 1.165) is 10.5 Å². The third-order valence-electron chi connectivity index (χ3n) is 10.9. The number of anilines is 1. The van der Waals surface area contributed by atoms with Crippen LogP contribution in [0.4, 0.5) is 5.82 Å². The maximum absolute atomic E-state index is 13.3. The van der Waals surface area contributed by atoms with Gasteiger partial charge >= 0.3 is 0 Å². The first-order chi connectivity index (χ1) is 25.2. The van der Waals surface area contributed by atoms with Gasteiger partial charge in [0.1, 0.15) is 24.0 Å². The summed E-state index contributed by atoms with van der Waals surface area (Å²) < 4.78 is 6.33. The van der Waals surface area contributed by atoms with Crippen molar-refractivity contribution in [3.8, 4) is 11.8 Å². The van der Waals surface area contributed by atoms with Gasteiger partial charge < -0.3 is 15.0 Å². The van der Waals surface area contributed by atoms with Crippen molar-refractivity contribution in [2.24, 2.45) is 10.8 Å². The molecule has 0 radical (unpaired) electrons. The summed E-state index contributed by atoms with van der Waals surface area (Å²) in [4.78, 5) is 68.9. The third-order valence-corrected chi connectivity index (χ3v) is 11.2. The van der Waals surface area contributed by atoms with Crippen LogP contribution < -0.4 is 20.3 Å². The second-order valence-corrected chi connectivity index (χ2v) is 15.6. The molecule has 0 spiro atoms. The number of fused-ring (bicyclic) bond motifs is 1. The number of hydrogen-bond acceptors (Lipinski definition) is 11. The quantitative estimate of drug-likeness (QED) is 0.324. The maximum atomic E-state index is 13.3. The summed E-state index contributed by atoms with van der Waals surface area (Å²) in [6, 6.07) is 14.5. The Morgan fingerprint density at radius 2 is 1.68 bits per heavy atom. The monoisotopic (exact) mass is 738 g/mol. The number of ether oxygens (including phenoxy) is 1. The van der Waals surface area contributed by atoms with Crippen LogP contribution in [-0.4, -0.2) is 93.9 Å². The van der Waals surface area contributed by atoms with Gasteiger partial charge in [-0.15, -0.1) is 10.2 Å². The van der Waals surface area contributed by atoms with E-state index >= 15 is 0 Å². The fourth-order valence-electron chi connectivity index (χ4n) is 8.43. The molecule has 14 nitrogen and oxygen atoms in total. The molecule has 4 heterocycles. The Bertz CT molecular complexity index is 2060. The number of amides is 5. The van der Waals surface area contributed by atoms with Gasteiger partial charge in [-0.3, -0.25) is 39.1 Å². The zero-order valence-corrected chi connectivity index (χ0v) is 30.6. The Morgan fingerprint density at radius 1 is 0.962 bits per heavy atom. The first kappa shape index (κ1) is 36.0. The summed E-state index contributed by atoms with van der Waals surface area (Å²) in [5.74, 6) is -1.19. The van der Waals surface area contributed by atoms with Crippen molar-refractivity contribution >= 4 is 47.0 Å². The zero-order chi connectivity index (χ0) is 37.8. The molecule has 1 atom stereocenters. The van der Waals surface area contributed by atoms with Gasteiger partial charge in [-0.25, -0.2) is 0 Å². The Morgan fingerprint density at radius 3 is 2.32 bits per heavy atom. The Kier molecular flexibility index (Phi) is 9.20. The van der Waals surface area contributed by atoms with Crippen molar-refractivity contribution in [3.05, 3.63) is 81.5 Å². The lowest BCUT2D eigenvalue weighted by Crippen LogP contribution is -2.74. The number of nitrogens with one attached hydrogen (secondary N) is 2. The molecule has 274 valence electrons. The van der Waals surface area contributed by atoms with E-state index in [1.807, 2.05) is 39.8 Å². The summed E-state index contributed by atoms with van der Waals surface area (Å²) in [6.45, 7) is 11.5. The number of aromatic nitrogens is 2. The number of nitriles is 1. The minimum absolute atomic E-state index is 0.0701. The fraction of sp³-hybridized carbons (Fsp3) is 0.421. The number of hydrogen-bond donors (Lipinski definition) is 2. The topological polar surface area (TPSA) is 178 Å². The van der Waals surface area contributed by atoms with Gasteiger partial charge in [0.15, 0.2) is 11.5 Å². The molecule has 2 N–H and O–H groups in total. The molecule has 1 saturated carbocycles. The van der Waals surface area contributed by atoms with Crippen LogP contribution in [0.2, 0.25) is 5.02 Å². The Labute approximate surface area is 311 Å². The van der Waals surface area contributed by atoms with Crippen molar-refractivity contribution in [2.75, 3.05) is 31.1 Å². The highest BCUT2D eigenvalue weighted by atomic mass is 35.5. The number of piperidine rings is 1.